The highest BCUT2D eigenvalue weighted by Crippen LogP contribution is 2.27. The van der Waals surface area contributed by atoms with Crippen molar-refractivity contribution in [1.82, 2.24) is 4.98 Å². The number of rotatable bonds is 3. The maximum Gasteiger partial charge on any atom is 0.291 e. The van der Waals surface area contributed by atoms with Gasteiger partial charge in [-0.25, -0.2) is 0 Å². The number of halogens is 2. The summed E-state index contributed by atoms with van der Waals surface area (Å²) in [6.45, 7) is 1.89. The lowest BCUT2D eigenvalue weighted by Crippen LogP contribution is -2.09. The highest BCUT2D eigenvalue weighted by Gasteiger charge is 2.08. The zero-order valence-electron chi connectivity index (χ0n) is 12.3. The summed E-state index contributed by atoms with van der Waals surface area (Å²) in [6, 6.07) is 16.0. The quantitative estimate of drug-likeness (QED) is 0.685. The summed E-state index contributed by atoms with van der Waals surface area (Å²) in [7, 11) is 0. The third-order valence-electron chi connectivity index (χ3n) is 3.40. The van der Waals surface area contributed by atoms with E-state index in [0.29, 0.717) is 21.5 Å². The normalized spacial score (nSPS) is 10.6. The molecule has 0 saturated carbocycles. The summed E-state index contributed by atoms with van der Waals surface area (Å²) in [4.78, 5) is 15.1. The van der Waals surface area contributed by atoms with Crippen LogP contribution in [0.4, 0.5) is 0 Å². The van der Waals surface area contributed by atoms with Gasteiger partial charge in [0.05, 0.1) is 0 Å². The molecule has 0 bridgehead atoms. The summed E-state index contributed by atoms with van der Waals surface area (Å²) in [5.74, 6) is 0.773. The number of aromatic amines is 1. The molecule has 0 atom stereocenters. The first-order chi connectivity index (χ1) is 11.0. The van der Waals surface area contributed by atoms with E-state index in [1.54, 1.807) is 36.4 Å². The van der Waals surface area contributed by atoms with Crippen LogP contribution < -0.4 is 10.3 Å². The van der Waals surface area contributed by atoms with Crippen LogP contribution in [0, 0.1) is 6.92 Å². The molecule has 116 valence electrons. The molecule has 0 aliphatic heterocycles. The molecule has 0 amide bonds. The molecule has 0 saturated heterocycles. The first-order valence-corrected chi connectivity index (χ1v) is 7.72. The lowest BCUT2D eigenvalue weighted by atomic mass is 10.1. The number of ether oxygens (including phenoxy) is 1. The van der Waals surface area contributed by atoms with Crippen LogP contribution in [-0.4, -0.2) is 4.98 Å². The second-order valence-corrected chi connectivity index (χ2v) is 5.96. The SMILES string of the molecule is Cc1ccc(Cl)cc1Oc1ccc(-c2ccc(Cl)cc2)[nH]c1=O. The van der Waals surface area contributed by atoms with Gasteiger partial charge in [0.2, 0.25) is 0 Å². The Hall–Kier alpha value is -2.23. The van der Waals surface area contributed by atoms with E-state index in [1.165, 1.54) is 0 Å². The van der Waals surface area contributed by atoms with Crippen LogP contribution in [-0.2, 0) is 0 Å². The van der Waals surface area contributed by atoms with E-state index >= 15 is 0 Å². The van der Waals surface area contributed by atoms with Gasteiger partial charge in [-0.2, -0.15) is 0 Å². The van der Waals surface area contributed by atoms with Gasteiger partial charge in [0.25, 0.3) is 5.56 Å². The van der Waals surface area contributed by atoms with Crippen molar-refractivity contribution in [2.75, 3.05) is 0 Å². The summed E-state index contributed by atoms with van der Waals surface area (Å²) in [6.07, 6.45) is 0. The van der Waals surface area contributed by atoms with E-state index in [4.69, 9.17) is 27.9 Å². The maximum absolute atomic E-state index is 12.2. The fraction of sp³-hybridized carbons (Fsp3) is 0.0556. The Bertz CT molecular complexity index is 902. The van der Waals surface area contributed by atoms with Crippen molar-refractivity contribution in [3.63, 3.8) is 0 Å². The lowest BCUT2D eigenvalue weighted by molar-refractivity contribution is 0.471. The van der Waals surface area contributed by atoms with E-state index in [2.05, 4.69) is 4.98 Å². The van der Waals surface area contributed by atoms with Gasteiger partial charge < -0.3 is 9.72 Å². The van der Waals surface area contributed by atoms with Crippen LogP contribution in [0.15, 0.2) is 59.4 Å². The fourth-order valence-corrected chi connectivity index (χ4v) is 2.43. The molecule has 3 rings (SSSR count). The highest BCUT2D eigenvalue weighted by atomic mass is 35.5. The van der Waals surface area contributed by atoms with Gasteiger partial charge in [-0.15, -0.1) is 0 Å². The van der Waals surface area contributed by atoms with Crippen molar-refractivity contribution >= 4 is 23.2 Å². The minimum atomic E-state index is -0.308. The van der Waals surface area contributed by atoms with E-state index in [-0.39, 0.29) is 11.3 Å². The Morgan fingerprint density at radius 3 is 2.26 bits per heavy atom. The van der Waals surface area contributed by atoms with Crippen molar-refractivity contribution in [2.45, 2.75) is 6.92 Å². The van der Waals surface area contributed by atoms with Crippen molar-refractivity contribution in [3.8, 4) is 22.8 Å². The third-order valence-corrected chi connectivity index (χ3v) is 3.89. The number of benzene rings is 2. The van der Waals surface area contributed by atoms with Gasteiger partial charge in [0, 0.05) is 15.7 Å². The standard InChI is InChI=1S/C18H13Cl2NO2/c1-11-2-5-14(20)10-17(11)23-16-9-8-15(21-18(16)22)12-3-6-13(19)7-4-12/h2-10H,1H3,(H,21,22). The lowest BCUT2D eigenvalue weighted by Gasteiger charge is -2.09. The van der Waals surface area contributed by atoms with Crippen LogP contribution in [0.1, 0.15) is 5.56 Å². The van der Waals surface area contributed by atoms with E-state index < -0.39 is 0 Å². The molecule has 3 nitrogen and oxygen atoms in total. The number of nitrogens with one attached hydrogen (secondary N) is 1. The van der Waals surface area contributed by atoms with Crippen molar-refractivity contribution in [1.29, 1.82) is 0 Å². The van der Waals surface area contributed by atoms with Crippen molar-refractivity contribution in [2.24, 2.45) is 0 Å². The first kappa shape index (κ1) is 15.7. The average Bonchev–Trinajstić information content (AvgIpc) is 2.53. The van der Waals surface area contributed by atoms with Crippen LogP contribution >= 0.6 is 23.2 Å². The summed E-state index contributed by atoms with van der Waals surface area (Å²) in [5.41, 5.74) is 2.16. The predicted octanol–water partition coefficient (Wildman–Crippen LogP) is 5.45. The number of aromatic nitrogens is 1. The molecule has 0 fully saturated rings. The Morgan fingerprint density at radius 1 is 0.870 bits per heavy atom. The Labute approximate surface area is 143 Å². The molecule has 0 unspecified atom stereocenters. The molecule has 23 heavy (non-hydrogen) atoms. The minimum absolute atomic E-state index is 0.216. The van der Waals surface area contributed by atoms with Gasteiger partial charge >= 0.3 is 0 Å². The smallest absolute Gasteiger partial charge is 0.291 e. The van der Waals surface area contributed by atoms with E-state index in [1.807, 2.05) is 25.1 Å². The predicted molar refractivity (Wildman–Crippen MR) is 93.8 cm³/mol. The van der Waals surface area contributed by atoms with Gasteiger partial charge in [0.15, 0.2) is 5.75 Å². The fourth-order valence-electron chi connectivity index (χ4n) is 2.14. The maximum atomic E-state index is 12.2. The van der Waals surface area contributed by atoms with Gasteiger partial charge in [0.1, 0.15) is 5.75 Å². The number of hydrogen-bond acceptors (Lipinski definition) is 2. The average molecular weight is 346 g/mol. The summed E-state index contributed by atoms with van der Waals surface area (Å²) < 4.78 is 5.68. The minimum Gasteiger partial charge on any atom is -0.451 e. The Balaban J connectivity index is 1.92. The number of aryl methyl sites for hydroxylation is 1. The van der Waals surface area contributed by atoms with Crippen LogP contribution in [0.3, 0.4) is 0 Å². The molecular formula is C18H13Cl2NO2. The van der Waals surface area contributed by atoms with Crippen LogP contribution in [0.2, 0.25) is 10.0 Å². The third kappa shape index (κ3) is 3.58. The molecule has 1 heterocycles. The van der Waals surface area contributed by atoms with Crippen molar-refractivity contribution < 1.29 is 4.74 Å². The molecule has 0 spiro atoms. The Morgan fingerprint density at radius 2 is 1.57 bits per heavy atom. The summed E-state index contributed by atoms with van der Waals surface area (Å²) in [5, 5.41) is 1.20. The molecule has 1 aromatic heterocycles. The van der Waals surface area contributed by atoms with Gasteiger partial charge in [-0.05, 0) is 54.4 Å². The molecule has 5 heteroatoms. The highest BCUT2D eigenvalue weighted by molar-refractivity contribution is 6.31. The van der Waals surface area contributed by atoms with E-state index in [9.17, 15) is 4.79 Å². The number of pyridine rings is 1. The van der Waals surface area contributed by atoms with E-state index in [0.717, 1.165) is 11.1 Å². The molecule has 0 radical (unpaired) electrons. The van der Waals surface area contributed by atoms with Crippen LogP contribution in [0.5, 0.6) is 11.5 Å². The van der Waals surface area contributed by atoms with Crippen molar-refractivity contribution in [3.05, 3.63) is 80.6 Å². The second-order valence-electron chi connectivity index (χ2n) is 5.08. The summed E-state index contributed by atoms with van der Waals surface area (Å²) >= 11 is 11.8. The molecule has 1 N–H and O–H groups in total. The number of hydrogen-bond donors (Lipinski definition) is 1. The Kier molecular flexibility index (Phi) is 4.42. The van der Waals surface area contributed by atoms with Gasteiger partial charge in [-0.3, -0.25) is 4.79 Å². The molecule has 0 aliphatic carbocycles. The largest absolute Gasteiger partial charge is 0.451 e. The van der Waals surface area contributed by atoms with Crippen LogP contribution in [0.25, 0.3) is 11.3 Å². The first-order valence-electron chi connectivity index (χ1n) is 6.96. The second kappa shape index (κ2) is 6.49. The molecule has 2 aromatic carbocycles. The molecule has 3 aromatic rings. The monoisotopic (exact) mass is 345 g/mol. The zero-order chi connectivity index (χ0) is 16.4. The van der Waals surface area contributed by atoms with Gasteiger partial charge in [-0.1, -0.05) is 41.4 Å². The topological polar surface area (TPSA) is 42.1 Å². The molecule has 0 aliphatic rings. The number of H-pyrrole nitrogens is 1. The zero-order valence-corrected chi connectivity index (χ0v) is 13.8. The molecular weight excluding hydrogens is 333 g/mol.